The molecule has 3 aromatic rings. The molecule has 3 rings (SSSR count). The van der Waals surface area contributed by atoms with E-state index in [-0.39, 0.29) is 5.82 Å². The van der Waals surface area contributed by atoms with Crippen LogP contribution in [0.1, 0.15) is 42.9 Å². The Morgan fingerprint density at radius 1 is 0.862 bits per heavy atom. The average Bonchev–Trinajstić information content (AvgIpc) is 2.76. The number of aryl methyl sites for hydroxylation is 2. The van der Waals surface area contributed by atoms with Crippen molar-refractivity contribution in [1.82, 2.24) is 0 Å². The topological polar surface area (TPSA) is 9.23 Å². The van der Waals surface area contributed by atoms with Gasteiger partial charge in [0.05, 0.1) is 0 Å². The summed E-state index contributed by atoms with van der Waals surface area (Å²) >= 11 is 0. The number of rotatable bonds is 10. The highest BCUT2D eigenvalue weighted by atomic mass is 19.1. The maximum absolute atomic E-state index is 14.3. The van der Waals surface area contributed by atoms with Crippen molar-refractivity contribution < 1.29 is 9.13 Å². The van der Waals surface area contributed by atoms with E-state index in [1.54, 1.807) is 6.07 Å². The van der Waals surface area contributed by atoms with Crippen molar-refractivity contribution in [3.63, 3.8) is 0 Å². The molecule has 0 aliphatic rings. The molecule has 0 radical (unpaired) electrons. The summed E-state index contributed by atoms with van der Waals surface area (Å²) in [5.41, 5.74) is 5.13. The van der Waals surface area contributed by atoms with E-state index in [1.807, 2.05) is 42.5 Å². The maximum Gasteiger partial charge on any atom is 0.127 e. The van der Waals surface area contributed by atoms with Crippen LogP contribution in [-0.2, 0) is 19.4 Å². The molecule has 0 unspecified atom stereocenters. The SMILES string of the molecule is C=CCCc1ccc(COc2ccc(-c3ccc(CCCC)c(F)c3)cc2)cc1. The Labute approximate surface area is 173 Å². The third-order valence-electron chi connectivity index (χ3n) is 5.11. The second-order valence-electron chi connectivity index (χ2n) is 7.37. The molecule has 0 aliphatic carbocycles. The molecule has 0 atom stereocenters. The van der Waals surface area contributed by atoms with Gasteiger partial charge in [-0.05, 0) is 71.7 Å². The first-order chi connectivity index (χ1) is 14.2. The Morgan fingerprint density at radius 3 is 2.21 bits per heavy atom. The lowest BCUT2D eigenvalue weighted by Crippen LogP contribution is -1.96. The first-order valence-electron chi connectivity index (χ1n) is 10.4. The lowest BCUT2D eigenvalue weighted by Gasteiger charge is -2.09. The highest BCUT2D eigenvalue weighted by Crippen LogP contribution is 2.25. The number of ether oxygens (including phenoxy) is 1. The van der Waals surface area contributed by atoms with Gasteiger partial charge in [-0.15, -0.1) is 6.58 Å². The molecule has 0 spiro atoms. The average molecular weight is 389 g/mol. The van der Waals surface area contributed by atoms with Crippen molar-refractivity contribution in [1.29, 1.82) is 0 Å². The fourth-order valence-corrected chi connectivity index (χ4v) is 3.28. The smallest absolute Gasteiger partial charge is 0.127 e. The van der Waals surface area contributed by atoms with Crippen LogP contribution < -0.4 is 4.74 Å². The molecule has 0 aromatic heterocycles. The van der Waals surface area contributed by atoms with Crippen molar-refractivity contribution in [2.45, 2.75) is 45.6 Å². The van der Waals surface area contributed by atoms with Crippen LogP contribution in [0.2, 0.25) is 0 Å². The molecule has 2 heteroatoms. The summed E-state index contributed by atoms with van der Waals surface area (Å²) in [5.74, 6) is 0.692. The van der Waals surface area contributed by atoms with Crippen LogP contribution in [0.3, 0.4) is 0 Å². The fourth-order valence-electron chi connectivity index (χ4n) is 3.28. The number of hydrogen-bond donors (Lipinski definition) is 0. The van der Waals surface area contributed by atoms with E-state index in [9.17, 15) is 4.39 Å². The summed E-state index contributed by atoms with van der Waals surface area (Å²) in [6.07, 6.45) is 6.84. The summed E-state index contributed by atoms with van der Waals surface area (Å²) in [6.45, 7) is 6.41. The Morgan fingerprint density at radius 2 is 1.55 bits per heavy atom. The molecule has 0 bridgehead atoms. The van der Waals surface area contributed by atoms with E-state index in [0.717, 1.165) is 60.1 Å². The first-order valence-corrected chi connectivity index (χ1v) is 10.4. The Kier molecular flexibility index (Phi) is 7.63. The lowest BCUT2D eigenvalue weighted by atomic mass is 10.0. The van der Waals surface area contributed by atoms with E-state index in [0.29, 0.717) is 6.61 Å². The van der Waals surface area contributed by atoms with Crippen molar-refractivity contribution in [2.24, 2.45) is 0 Å². The number of hydrogen-bond acceptors (Lipinski definition) is 1. The monoisotopic (exact) mass is 388 g/mol. The summed E-state index contributed by atoms with van der Waals surface area (Å²) in [6, 6.07) is 21.9. The van der Waals surface area contributed by atoms with Crippen LogP contribution in [0.25, 0.3) is 11.1 Å². The van der Waals surface area contributed by atoms with Gasteiger partial charge in [-0.25, -0.2) is 4.39 Å². The minimum Gasteiger partial charge on any atom is -0.489 e. The van der Waals surface area contributed by atoms with Crippen molar-refractivity contribution >= 4 is 0 Å². The quantitative estimate of drug-likeness (QED) is 0.326. The van der Waals surface area contributed by atoms with E-state index < -0.39 is 0 Å². The van der Waals surface area contributed by atoms with Crippen LogP contribution in [0.15, 0.2) is 79.4 Å². The second kappa shape index (κ2) is 10.6. The van der Waals surface area contributed by atoms with Gasteiger partial charge >= 0.3 is 0 Å². The number of halogens is 1. The first kappa shape index (κ1) is 20.9. The molecule has 0 saturated carbocycles. The zero-order valence-corrected chi connectivity index (χ0v) is 17.2. The summed E-state index contributed by atoms with van der Waals surface area (Å²) in [7, 11) is 0. The molecular formula is C27H29FO. The van der Waals surface area contributed by atoms with Crippen LogP contribution >= 0.6 is 0 Å². The molecule has 0 fully saturated rings. The van der Waals surface area contributed by atoms with Crippen LogP contribution in [0.5, 0.6) is 5.75 Å². The van der Waals surface area contributed by atoms with Gasteiger partial charge in [-0.1, -0.05) is 68.0 Å². The van der Waals surface area contributed by atoms with Crippen molar-refractivity contribution in [3.8, 4) is 16.9 Å². The van der Waals surface area contributed by atoms with E-state index in [1.165, 1.54) is 5.56 Å². The van der Waals surface area contributed by atoms with Crippen LogP contribution in [0.4, 0.5) is 4.39 Å². The van der Waals surface area contributed by atoms with Crippen molar-refractivity contribution in [3.05, 3.63) is 102 Å². The normalized spacial score (nSPS) is 10.7. The Balaban J connectivity index is 1.58. The third kappa shape index (κ3) is 6.05. The number of unbranched alkanes of at least 4 members (excludes halogenated alkanes) is 1. The molecule has 0 N–H and O–H groups in total. The predicted molar refractivity (Wildman–Crippen MR) is 120 cm³/mol. The number of allylic oxidation sites excluding steroid dienone is 1. The molecule has 150 valence electrons. The van der Waals surface area contributed by atoms with Crippen molar-refractivity contribution in [2.75, 3.05) is 0 Å². The minimum atomic E-state index is -0.118. The highest BCUT2D eigenvalue weighted by Gasteiger charge is 2.06. The molecule has 3 aromatic carbocycles. The molecular weight excluding hydrogens is 359 g/mol. The Bertz CT molecular complexity index is 910. The van der Waals surface area contributed by atoms with Gasteiger partial charge in [0.25, 0.3) is 0 Å². The van der Waals surface area contributed by atoms with E-state index >= 15 is 0 Å². The zero-order chi connectivity index (χ0) is 20.5. The van der Waals surface area contributed by atoms with Gasteiger partial charge in [-0.2, -0.15) is 0 Å². The van der Waals surface area contributed by atoms with Crippen LogP contribution in [0, 0.1) is 5.82 Å². The molecule has 0 saturated heterocycles. The summed E-state index contributed by atoms with van der Waals surface area (Å²) in [4.78, 5) is 0. The molecule has 0 amide bonds. The van der Waals surface area contributed by atoms with E-state index in [4.69, 9.17) is 4.74 Å². The summed E-state index contributed by atoms with van der Waals surface area (Å²) in [5, 5.41) is 0. The maximum atomic E-state index is 14.3. The van der Waals surface area contributed by atoms with Gasteiger partial charge in [0.2, 0.25) is 0 Å². The van der Waals surface area contributed by atoms with Gasteiger partial charge in [0, 0.05) is 0 Å². The molecule has 1 nitrogen and oxygen atoms in total. The number of benzene rings is 3. The van der Waals surface area contributed by atoms with Gasteiger partial charge in [-0.3, -0.25) is 0 Å². The summed E-state index contributed by atoms with van der Waals surface area (Å²) < 4.78 is 20.2. The molecule has 0 heterocycles. The standard InChI is InChI=1S/C27H29FO/c1-3-5-7-21-9-11-22(12-10-21)20-29-26-17-15-23(16-18-26)25-14-13-24(8-6-4-2)27(28)19-25/h3,9-19H,1,4-8,20H2,2H3. The van der Waals surface area contributed by atoms with E-state index in [2.05, 4.69) is 37.8 Å². The highest BCUT2D eigenvalue weighted by molar-refractivity contribution is 5.64. The van der Waals surface area contributed by atoms with Gasteiger partial charge in [0.15, 0.2) is 0 Å². The molecule has 29 heavy (non-hydrogen) atoms. The fraction of sp³-hybridized carbons (Fsp3) is 0.259. The second-order valence-corrected chi connectivity index (χ2v) is 7.37. The third-order valence-corrected chi connectivity index (χ3v) is 5.11. The lowest BCUT2D eigenvalue weighted by molar-refractivity contribution is 0.306. The van der Waals surface area contributed by atoms with Gasteiger partial charge < -0.3 is 4.74 Å². The largest absolute Gasteiger partial charge is 0.489 e. The van der Waals surface area contributed by atoms with Crippen LogP contribution in [-0.4, -0.2) is 0 Å². The minimum absolute atomic E-state index is 0.118. The van der Waals surface area contributed by atoms with Gasteiger partial charge in [0.1, 0.15) is 18.2 Å². The zero-order valence-electron chi connectivity index (χ0n) is 17.2. The molecule has 0 aliphatic heterocycles. The Hall–Kier alpha value is -2.87. The predicted octanol–water partition coefficient (Wildman–Crippen LogP) is 7.53.